The van der Waals surface area contributed by atoms with E-state index in [-0.39, 0.29) is 5.91 Å². The fourth-order valence-corrected chi connectivity index (χ4v) is 1.83. The normalized spacial score (nSPS) is 10.3. The summed E-state index contributed by atoms with van der Waals surface area (Å²) in [7, 11) is 0. The predicted octanol–water partition coefficient (Wildman–Crippen LogP) is 2.71. The Kier molecular flexibility index (Phi) is 7.99. The molecule has 112 valence electrons. The average molecular weight is 300 g/mol. The van der Waals surface area contributed by atoms with Gasteiger partial charge in [0.25, 0.3) is 5.91 Å². The number of rotatable bonds is 9. The quantitative estimate of drug-likeness (QED) is 0.543. The highest BCUT2D eigenvalue weighted by atomic mass is 35.5. The Hall–Kier alpha value is -1.33. The van der Waals surface area contributed by atoms with Gasteiger partial charge in [0, 0.05) is 31.9 Å². The van der Waals surface area contributed by atoms with Crippen LogP contribution in [0.5, 0.6) is 0 Å². The smallest absolute Gasteiger partial charge is 0.251 e. The highest BCUT2D eigenvalue weighted by molar-refractivity contribution is 6.29. The van der Waals surface area contributed by atoms with Crippen molar-refractivity contribution in [1.29, 1.82) is 0 Å². The molecule has 0 saturated heterocycles. The van der Waals surface area contributed by atoms with Crippen molar-refractivity contribution in [2.45, 2.75) is 26.7 Å². The van der Waals surface area contributed by atoms with Gasteiger partial charge in [0.05, 0.1) is 0 Å². The van der Waals surface area contributed by atoms with Gasteiger partial charge in [-0.05, 0) is 31.9 Å². The number of halogens is 1. The van der Waals surface area contributed by atoms with Crippen molar-refractivity contribution in [1.82, 2.24) is 10.3 Å². The number of carbonyl (C=O) groups excluding carboxylic acids is 1. The molecule has 5 nitrogen and oxygen atoms in total. The number of aromatic nitrogens is 1. The van der Waals surface area contributed by atoms with Crippen molar-refractivity contribution < 1.29 is 9.53 Å². The van der Waals surface area contributed by atoms with Gasteiger partial charge in [-0.1, -0.05) is 18.5 Å². The molecule has 1 heterocycles. The van der Waals surface area contributed by atoms with Gasteiger partial charge >= 0.3 is 0 Å². The maximum atomic E-state index is 12.0. The van der Waals surface area contributed by atoms with Crippen molar-refractivity contribution in [2.24, 2.45) is 0 Å². The number of hydrogen-bond acceptors (Lipinski definition) is 4. The van der Waals surface area contributed by atoms with E-state index < -0.39 is 0 Å². The highest BCUT2D eigenvalue weighted by Crippen LogP contribution is 2.14. The maximum Gasteiger partial charge on any atom is 0.251 e. The second kappa shape index (κ2) is 9.55. The number of pyridine rings is 1. The van der Waals surface area contributed by atoms with Crippen LogP contribution in [-0.4, -0.2) is 37.2 Å². The molecule has 0 aliphatic rings. The summed E-state index contributed by atoms with van der Waals surface area (Å²) >= 11 is 5.90. The first-order valence-electron chi connectivity index (χ1n) is 6.94. The Morgan fingerprint density at radius 3 is 2.85 bits per heavy atom. The molecule has 0 unspecified atom stereocenters. The van der Waals surface area contributed by atoms with E-state index in [1.807, 2.05) is 6.92 Å². The molecule has 0 aromatic carbocycles. The van der Waals surface area contributed by atoms with E-state index in [1.165, 1.54) is 0 Å². The molecule has 2 N–H and O–H groups in total. The Morgan fingerprint density at radius 2 is 2.15 bits per heavy atom. The number of ether oxygens (including phenoxy) is 1. The maximum absolute atomic E-state index is 12.0. The molecular weight excluding hydrogens is 278 g/mol. The van der Waals surface area contributed by atoms with Crippen LogP contribution in [0.1, 0.15) is 37.0 Å². The molecule has 0 radical (unpaired) electrons. The van der Waals surface area contributed by atoms with Crippen LogP contribution < -0.4 is 10.6 Å². The third kappa shape index (κ3) is 6.21. The van der Waals surface area contributed by atoms with Crippen LogP contribution in [0.4, 0.5) is 5.82 Å². The van der Waals surface area contributed by atoms with Crippen LogP contribution in [-0.2, 0) is 4.74 Å². The molecule has 1 amide bonds. The van der Waals surface area contributed by atoms with E-state index in [1.54, 1.807) is 12.1 Å². The number of carbonyl (C=O) groups is 1. The van der Waals surface area contributed by atoms with Gasteiger partial charge in [-0.15, -0.1) is 0 Å². The molecular formula is C14H22ClN3O2. The van der Waals surface area contributed by atoms with Crippen LogP contribution in [0.25, 0.3) is 0 Å². The van der Waals surface area contributed by atoms with Crippen molar-refractivity contribution >= 4 is 23.3 Å². The lowest BCUT2D eigenvalue weighted by atomic mass is 10.2. The highest BCUT2D eigenvalue weighted by Gasteiger charge is 2.08. The van der Waals surface area contributed by atoms with E-state index in [2.05, 4.69) is 22.5 Å². The molecule has 20 heavy (non-hydrogen) atoms. The summed E-state index contributed by atoms with van der Waals surface area (Å²) in [5, 5.41) is 6.18. The molecule has 0 fully saturated rings. The van der Waals surface area contributed by atoms with E-state index in [0.717, 1.165) is 26.0 Å². The second-order valence-electron chi connectivity index (χ2n) is 4.32. The summed E-state index contributed by atoms with van der Waals surface area (Å²) in [5.74, 6) is 0.459. The summed E-state index contributed by atoms with van der Waals surface area (Å²) in [6, 6.07) is 3.25. The lowest BCUT2D eigenvalue weighted by molar-refractivity contribution is 0.0941. The first-order chi connectivity index (χ1) is 9.67. The van der Waals surface area contributed by atoms with Crippen molar-refractivity contribution in [3.8, 4) is 0 Å². The number of nitrogens with one attached hydrogen (secondary N) is 2. The molecule has 0 atom stereocenters. The van der Waals surface area contributed by atoms with Gasteiger partial charge in [-0.25, -0.2) is 4.98 Å². The monoisotopic (exact) mass is 299 g/mol. The van der Waals surface area contributed by atoms with Crippen molar-refractivity contribution in [2.75, 3.05) is 31.6 Å². The molecule has 6 heteroatoms. The summed E-state index contributed by atoms with van der Waals surface area (Å²) in [4.78, 5) is 16.1. The Morgan fingerprint density at radius 1 is 1.35 bits per heavy atom. The summed E-state index contributed by atoms with van der Waals surface area (Å²) in [6.45, 7) is 6.76. The zero-order chi connectivity index (χ0) is 14.8. The number of amides is 1. The molecule has 1 aromatic rings. The Labute approximate surface area is 125 Å². The SMILES string of the molecule is CCCOCCCNC(=O)c1cc(Cl)nc(NCC)c1. The number of nitrogens with zero attached hydrogens (tertiary/aromatic N) is 1. The second-order valence-corrected chi connectivity index (χ2v) is 4.70. The number of anilines is 1. The molecule has 0 bridgehead atoms. The van der Waals surface area contributed by atoms with Crippen molar-refractivity contribution in [3.05, 3.63) is 22.8 Å². The largest absolute Gasteiger partial charge is 0.381 e. The average Bonchev–Trinajstić information content (AvgIpc) is 2.42. The minimum Gasteiger partial charge on any atom is -0.381 e. The number of hydrogen-bond donors (Lipinski definition) is 2. The third-order valence-electron chi connectivity index (χ3n) is 2.51. The molecule has 1 aromatic heterocycles. The van der Waals surface area contributed by atoms with Gasteiger partial charge < -0.3 is 15.4 Å². The fourth-order valence-electron chi connectivity index (χ4n) is 1.62. The molecule has 0 spiro atoms. The Bertz CT molecular complexity index is 427. The lowest BCUT2D eigenvalue weighted by Gasteiger charge is -2.08. The van der Waals surface area contributed by atoms with E-state index in [4.69, 9.17) is 16.3 Å². The van der Waals surface area contributed by atoms with E-state index in [0.29, 0.717) is 29.7 Å². The third-order valence-corrected chi connectivity index (χ3v) is 2.71. The topological polar surface area (TPSA) is 63.2 Å². The van der Waals surface area contributed by atoms with Gasteiger partial charge in [-0.3, -0.25) is 4.79 Å². The Balaban J connectivity index is 2.42. The summed E-state index contributed by atoms with van der Waals surface area (Å²) in [5.41, 5.74) is 0.510. The van der Waals surface area contributed by atoms with E-state index >= 15 is 0 Å². The lowest BCUT2D eigenvalue weighted by Crippen LogP contribution is -2.25. The summed E-state index contributed by atoms with van der Waals surface area (Å²) < 4.78 is 5.35. The fraction of sp³-hybridized carbons (Fsp3) is 0.571. The molecule has 1 rings (SSSR count). The predicted molar refractivity (Wildman–Crippen MR) is 81.5 cm³/mol. The minimum atomic E-state index is -0.149. The van der Waals surface area contributed by atoms with Crippen LogP contribution >= 0.6 is 11.6 Å². The van der Waals surface area contributed by atoms with Crippen LogP contribution in [0, 0.1) is 0 Å². The molecule has 0 aliphatic carbocycles. The standard InChI is InChI=1S/C14H22ClN3O2/c1-3-7-20-8-5-6-17-14(19)11-9-12(15)18-13(10-11)16-4-2/h9-10H,3-8H2,1-2H3,(H,16,18)(H,17,19). The first-order valence-corrected chi connectivity index (χ1v) is 7.32. The first kappa shape index (κ1) is 16.7. The van der Waals surface area contributed by atoms with Gasteiger partial charge in [0.2, 0.25) is 0 Å². The zero-order valence-electron chi connectivity index (χ0n) is 12.0. The van der Waals surface area contributed by atoms with Gasteiger partial charge in [-0.2, -0.15) is 0 Å². The molecule has 0 aliphatic heterocycles. The zero-order valence-corrected chi connectivity index (χ0v) is 12.8. The summed E-state index contributed by atoms with van der Waals surface area (Å²) in [6.07, 6.45) is 1.81. The van der Waals surface area contributed by atoms with Crippen LogP contribution in [0.2, 0.25) is 5.15 Å². The van der Waals surface area contributed by atoms with Crippen molar-refractivity contribution in [3.63, 3.8) is 0 Å². The van der Waals surface area contributed by atoms with E-state index in [9.17, 15) is 4.79 Å². The van der Waals surface area contributed by atoms with Crippen LogP contribution in [0.3, 0.4) is 0 Å². The van der Waals surface area contributed by atoms with Crippen LogP contribution in [0.15, 0.2) is 12.1 Å². The molecule has 0 saturated carbocycles. The van der Waals surface area contributed by atoms with Gasteiger partial charge in [0.15, 0.2) is 0 Å². The van der Waals surface area contributed by atoms with Gasteiger partial charge in [0.1, 0.15) is 11.0 Å². The minimum absolute atomic E-state index is 0.149.